The molecule has 8 nitrogen and oxygen atoms in total. The van der Waals surface area contributed by atoms with E-state index in [2.05, 4.69) is 15.7 Å². The van der Waals surface area contributed by atoms with Crippen LogP contribution in [0.25, 0.3) is 10.8 Å². The minimum atomic E-state index is -1.15. The first-order valence-electron chi connectivity index (χ1n) is 11.0. The Bertz CT molecular complexity index is 1200. The number of pyridine rings is 1. The summed E-state index contributed by atoms with van der Waals surface area (Å²) in [4.78, 5) is 29.0. The molecule has 2 aromatic carbocycles. The number of carbonyl (C=O) groups is 2. The first-order valence-corrected chi connectivity index (χ1v) is 11.4. The largest absolute Gasteiger partial charge is 0.447 e. The minimum absolute atomic E-state index is 0.118. The number of hydrogen-bond acceptors (Lipinski definition) is 6. The van der Waals surface area contributed by atoms with Crippen LogP contribution >= 0.6 is 11.6 Å². The van der Waals surface area contributed by atoms with E-state index in [0.717, 1.165) is 5.56 Å². The second-order valence-corrected chi connectivity index (χ2v) is 9.15. The van der Waals surface area contributed by atoms with Gasteiger partial charge in [0.15, 0.2) is 0 Å². The second-order valence-electron chi connectivity index (χ2n) is 8.74. The Balaban J connectivity index is 1.69. The third kappa shape index (κ3) is 7.61. The lowest BCUT2D eigenvalue weighted by Crippen LogP contribution is -2.52. The van der Waals surface area contributed by atoms with Gasteiger partial charge in [-0.15, -0.1) is 0 Å². The number of carbonyl (C=O) groups excluding carboxylic acids is 2. The number of halogens is 2. The number of rotatable bonds is 9. The minimum Gasteiger partial charge on any atom is -0.447 e. The molecule has 0 aliphatic rings. The number of anilines is 1. The number of amides is 2. The van der Waals surface area contributed by atoms with Crippen LogP contribution in [0.1, 0.15) is 32.8 Å². The van der Waals surface area contributed by atoms with Crippen LogP contribution in [-0.2, 0) is 16.1 Å². The average molecular weight is 503 g/mol. The highest BCUT2D eigenvalue weighted by Gasteiger charge is 2.29. The van der Waals surface area contributed by atoms with Crippen LogP contribution in [0.3, 0.4) is 0 Å². The van der Waals surface area contributed by atoms with Gasteiger partial charge in [0.2, 0.25) is 5.91 Å². The molecule has 0 aliphatic carbocycles. The number of fused-ring (bicyclic) bond motifs is 1. The van der Waals surface area contributed by atoms with Crippen molar-refractivity contribution in [1.29, 1.82) is 0 Å². The Kier molecular flexibility index (Phi) is 8.61. The fourth-order valence-corrected chi connectivity index (χ4v) is 3.83. The van der Waals surface area contributed by atoms with Crippen molar-refractivity contribution in [1.82, 2.24) is 15.4 Å². The van der Waals surface area contributed by atoms with Gasteiger partial charge in [-0.3, -0.25) is 15.1 Å². The van der Waals surface area contributed by atoms with Gasteiger partial charge in [0, 0.05) is 41.9 Å². The van der Waals surface area contributed by atoms with Gasteiger partial charge in [-0.25, -0.2) is 19.6 Å². The van der Waals surface area contributed by atoms with Crippen molar-refractivity contribution < 1.29 is 23.8 Å². The predicted octanol–water partition coefficient (Wildman–Crippen LogP) is 4.66. The maximum Gasteiger partial charge on any atom is 0.412 e. The molecular weight excluding hydrogens is 475 g/mol. The summed E-state index contributed by atoms with van der Waals surface area (Å²) >= 11 is 6.21. The molecule has 35 heavy (non-hydrogen) atoms. The van der Waals surface area contributed by atoms with E-state index in [4.69, 9.17) is 16.3 Å². The van der Waals surface area contributed by atoms with E-state index in [0.29, 0.717) is 15.8 Å². The van der Waals surface area contributed by atoms with E-state index in [1.165, 1.54) is 30.3 Å². The Morgan fingerprint density at radius 2 is 1.97 bits per heavy atom. The molecule has 0 radical (unpaired) electrons. The number of hydrogen-bond donors (Lipinski definition) is 3. The molecule has 3 rings (SSSR count). The molecule has 0 unspecified atom stereocenters. The summed E-state index contributed by atoms with van der Waals surface area (Å²) in [6.45, 7) is 4.60. The molecule has 1 aromatic heterocycles. The maximum absolute atomic E-state index is 14.1. The van der Waals surface area contributed by atoms with Gasteiger partial charge in [-0.1, -0.05) is 41.9 Å². The lowest BCUT2D eigenvalue weighted by molar-refractivity contribution is -0.138. The Morgan fingerprint density at radius 1 is 1.23 bits per heavy atom. The molecule has 0 saturated carbocycles. The Morgan fingerprint density at radius 3 is 2.66 bits per heavy atom. The van der Waals surface area contributed by atoms with Crippen molar-refractivity contribution in [3.63, 3.8) is 0 Å². The third-order valence-electron chi connectivity index (χ3n) is 5.18. The number of nitrogens with one attached hydrogen (secondary N) is 2. The van der Waals surface area contributed by atoms with E-state index < -0.39 is 23.6 Å². The van der Waals surface area contributed by atoms with E-state index in [1.807, 2.05) is 12.1 Å². The maximum atomic E-state index is 14.1. The number of hydrazine groups is 1. The van der Waals surface area contributed by atoms with Gasteiger partial charge < -0.3 is 9.84 Å². The van der Waals surface area contributed by atoms with Crippen molar-refractivity contribution >= 4 is 40.2 Å². The van der Waals surface area contributed by atoms with Crippen LogP contribution in [0.15, 0.2) is 54.7 Å². The Hall–Kier alpha value is -3.27. The Labute approximate surface area is 208 Å². The first-order chi connectivity index (χ1) is 16.5. The summed E-state index contributed by atoms with van der Waals surface area (Å²) in [5.74, 6) is -0.651. The van der Waals surface area contributed by atoms with Crippen LogP contribution in [0.4, 0.5) is 15.0 Å². The molecule has 2 amide bonds. The van der Waals surface area contributed by atoms with Crippen molar-refractivity contribution in [2.45, 2.75) is 45.4 Å². The van der Waals surface area contributed by atoms with E-state index in [-0.39, 0.29) is 31.3 Å². The molecule has 1 atom stereocenters. The fraction of sp³-hybridized carbons (Fsp3) is 0.320. The fourth-order valence-electron chi connectivity index (χ4n) is 3.62. The van der Waals surface area contributed by atoms with Crippen LogP contribution in [-0.4, -0.2) is 45.3 Å². The average Bonchev–Trinajstić information content (AvgIpc) is 2.78. The quantitative estimate of drug-likeness (QED) is 0.368. The van der Waals surface area contributed by atoms with E-state index in [9.17, 15) is 19.1 Å². The first kappa shape index (κ1) is 26.3. The molecule has 0 aliphatic heterocycles. The highest BCUT2D eigenvalue weighted by atomic mass is 35.5. The van der Waals surface area contributed by atoms with Gasteiger partial charge in [0.05, 0.1) is 11.6 Å². The lowest BCUT2D eigenvalue weighted by atomic mass is 9.99. The smallest absolute Gasteiger partial charge is 0.412 e. The number of nitrogens with zero attached hydrogens (tertiary/aromatic N) is 2. The third-order valence-corrected chi connectivity index (χ3v) is 5.55. The van der Waals surface area contributed by atoms with E-state index in [1.54, 1.807) is 38.1 Å². The lowest BCUT2D eigenvalue weighted by Gasteiger charge is -2.34. The van der Waals surface area contributed by atoms with Crippen LogP contribution < -0.4 is 10.7 Å². The molecule has 10 heteroatoms. The molecule has 0 fully saturated rings. The SMILES string of the molecule is CC(=O)N(NCc1ccccc1Cl)[C@H](COC(=O)Nc1cc2c(F)cccc2cn1)CC(C)(C)O. The zero-order valence-corrected chi connectivity index (χ0v) is 20.5. The molecule has 0 bridgehead atoms. The summed E-state index contributed by atoms with van der Waals surface area (Å²) in [6.07, 6.45) is 0.735. The summed E-state index contributed by atoms with van der Waals surface area (Å²) in [5.41, 5.74) is 2.64. The van der Waals surface area contributed by atoms with Crippen molar-refractivity contribution in [2.24, 2.45) is 0 Å². The van der Waals surface area contributed by atoms with Gasteiger partial charge >= 0.3 is 6.09 Å². The summed E-state index contributed by atoms with van der Waals surface area (Å²) in [5, 5.41) is 15.6. The molecule has 186 valence electrons. The molecule has 1 heterocycles. The van der Waals surface area contributed by atoms with Crippen LogP contribution in [0, 0.1) is 5.82 Å². The van der Waals surface area contributed by atoms with Crippen LogP contribution in [0.5, 0.6) is 0 Å². The molecule has 3 N–H and O–H groups in total. The van der Waals surface area contributed by atoms with Crippen molar-refractivity contribution in [3.8, 4) is 0 Å². The van der Waals surface area contributed by atoms with Gasteiger partial charge in [0.1, 0.15) is 18.2 Å². The zero-order chi connectivity index (χ0) is 25.6. The predicted molar refractivity (Wildman–Crippen MR) is 132 cm³/mol. The highest BCUT2D eigenvalue weighted by molar-refractivity contribution is 6.31. The summed E-state index contributed by atoms with van der Waals surface area (Å²) < 4.78 is 19.4. The summed E-state index contributed by atoms with van der Waals surface area (Å²) in [6, 6.07) is 12.5. The molecule has 3 aromatic rings. The van der Waals surface area contributed by atoms with Crippen molar-refractivity contribution in [2.75, 3.05) is 11.9 Å². The standard InChI is InChI=1S/C25H28ClFN4O4/c1-16(32)31(29-14-18-7-4-5-9-21(18)26)19(12-25(2,3)34)15-35-24(33)30-23-11-20-17(13-28-23)8-6-10-22(20)27/h4-11,13,19,29,34H,12,14-15H2,1-3H3,(H,28,30,33)/t19-/m0/s1. The van der Waals surface area contributed by atoms with Crippen molar-refractivity contribution in [3.05, 3.63) is 71.1 Å². The van der Waals surface area contributed by atoms with Gasteiger partial charge in [0.25, 0.3) is 0 Å². The molecule has 0 saturated heterocycles. The molecule has 0 spiro atoms. The normalized spacial score (nSPS) is 12.3. The molecular formula is C25H28ClFN4O4. The number of aromatic nitrogens is 1. The number of ether oxygens (including phenoxy) is 1. The van der Waals surface area contributed by atoms with Crippen LogP contribution in [0.2, 0.25) is 5.02 Å². The number of benzene rings is 2. The number of aliphatic hydroxyl groups is 1. The zero-order valence-electron chi connectivity index (χ0n) is 19.7. The topological polar surface area (TPSA) is 104 Å². The summed E-state index contributed by atoms with van der Waals surface area (Å²) in [7, 11) is 0. The monoisotopic (exact) mass is 502 g/mol. The van der Waals surface area contributed by atoms with E-state index >= 15 is 0 Å². The van der Waals surface area contributed by atoms with Gasteiger partial charge in [-0.2, -0.15) is 0 Å². The van der Waals surface area contributed by atoms with Gasteiger partial charge in [-0.05, 0) is 37.6 Å². The second kappa shape index (κ2) is 11.4. The highest BCUT2D eigenvalue weighted by Crippen LogP contribution is 2.21.